The summed E-state index contributed by atoms with van der Waals surface area (Å²) in [5, 5.41) is 7.68. The summed E-state index contributed by atoms with van der Waals surface area (Å²) < 4.78 is 46.4. The Morgan fingerprint density at radius 3 is 2.81 bits per heavy atom. The molecule has 1 aromatic carbocycles. The number of hydrogen-bond donors (Lipinski definition) is 2. The number of rotatable bonds is 5. The molecule has 0 radical (unpaired) electrons. The number of aromatic nitrogens is 3. The fraction of sp³-hybridized carbons (Fsp3) is 0.235. The van der Waals surface area contributed by atoms with Gasteiger partial charge >= 0.3 is 0 Å². The van der Waals surface area contributed by atoms with Gasteiger partial charge in [0.05, 0.1) is 12.5 Å². The molecule has 27 heavy (non-hydrogen) atoms. The predicted octanol–water partition coefficient (Wildman–Crippen LogP) is 2.10. The number of carbonyl (C=O) groups excluding carboxylic acids is 1. The molecule has 2 N–H and O–H groups in total. The lowest BCUT2D eigenvalue weighted by molar-refractivity contribution is 0.0975. The number of hydrogen-bond acceptors (Lipinski definition) is 6. The zero-order valence-corrected chi connectivity index (χ0v) is 15.0. The first-order valence-corrected chi connectivity index (χ1v) is 9.63. The van der Waals surface area contributed by atoms with Gasteiger partial charge in [-0.2, -0.15) is 5.10 Å². The molecule has 1 aliphatic rings. The highest BCUT2D eigenvalue weighted by molar-refractivity contribution is 7.90. The van der Waals surface area contributed by atoms with Crippen molar-refractivity contribution in [3.8, 4) is 5.75 Å². The Bertz CT molecular complexity index is 1150. The molecule has 0 spiro atoms. The predicted molar refractivity (Wildman–Crippen MR) is 93.5 cm³/mol. The van der Waals surface area contributed by atoms with Gasteiger partial charge in [-0.3, -0.25) is 4.79 Å². The molecule has 0 bridgehead atoms. The second-order valence-corrected chi connectivity index (χ2v) is 7.86. The molecular weight excluding hydrogens is 375 g/mol. The minimum atomic E-state index is -4.33. The normalized spacial score (nSPS) is 14.3. The van der Waals surface area contributed by atoms with Crippen molar-refractivity contribution < 1.29 is 22.3 Å². The molecule has 10 heteroatoms. The number of halogens is 1. The Hall–Kier alpha value is -3.01. The Morgan fingerprint density at radius 1 is 1.33 bits per heavy atom. The van der Waals surface area contributed by atoms with Crippen molar-refractivity contribution in [2.45, 2.75) is 23.7 Å². The largest absolute Gasteiger partial charge is 0.495 e. The van der Waals surface area contributed by atoms with Gasteiger partial charge in [0.15, 0.2) is 5.69 Å². The molecule has 0 saturated heterocycles. The molecule has 8 nitrogen and oxygen atoms in total. The molecule has 2 aromatic heterocycles. The Labute approximate surface area is 153 Å². The van der Waals surface area contributed by atoms with Crippen LogP contribution >= 0.6 is 0 Å². The third-order valence-electron chi connectivity index (χ3n) is 4.34. The van der Waals surface area contributed by atoms with E-state index in [-0.39, 0.29) is 21.9 Å². The van der Waals surface area contributed by atoms with Crippen molar-refractivity contribution in [3.63, 3.8) is 0 Å². The van der Waals surface area contributed by atoms with Gasteiger partial charge in [0.2, 0.25) is 0 Å². The van der Waals surface area contributed by atoms with Gasteiger partial charge in [0.25, 0.3) is 15.9 Å². The van der Waals surface area contributed by atoms with Gasteiger partial charge in [-0.25, -0.2) is 17.5 Å². The second-order valence-electron chi connectivity index (χ2n) is 6.21. The van der Waals surface area contributed by atoms with Crippen LogP contribution in [0.15, 0.2) is 35.4 Å². The van der Waals surface area contributed by atoms with Crippen LogP contribution in [0.3, 0.4) is 0 Å². The van der Waals surface area contributed by atoms with Gasteiger partial charge in [0, 0.05) is 23.7 Å². The van der Waals surface area contributed by atoms with Crippen LogP contribution in [0.5, 0.6) is 5.75 Å². The Kier molecular flexibility index (Phi) is 4.06. The monoisotopic (exact) mass is 390 g/mol. The van der Waals surface area contributed by atoms with Crippen molar-refractivity contribution in [2.75, 3.05) is 7.11 Å². The summed E-state index contributed by atoms with van der Waals surface area (Å²) in [7, 11) is -2.89. The topological polar surface area (TPSA) is 114 Å². The van der Waals surface area contributed by atoms with E-state index in [9.17, 15) is 17.6 Å². The number of nitrogens with one attached hydrogen (secondary N) is 2. The van der Waals surface area contributed by atoms with E-state index in [1.165, 1.54) is 25.3 Å². The fourth-order valence-electron chi connectivity index (χ4n) is 2.85. The van der Waals surface area contributed by atoms with Crippen molar-refractivity contribution in [3.05, 3.63) is 47.7 Å². The average molecular weight is 390 g/mol. The number of methoxy groups -OCH3 is 1. The summed E-state index contributed by atoms with van der Waals surface area (Å²) >= 11 is 0. The minimum Gasteiger partial charge on any atom is -0.495 e. The number of benzene rings is 1. The highest BCUT2D eigenvalue weighted by Gasteiger charge is 2.30. The van der Waals surface area contributed by atoms with E-state index in [1.807, 2.05) is 4.72 Å². The van der Waals surface area contributed by atoms with Crippen molar-refractivity contribution >= 4 is 26.8 Å². The van der Waals surface area contributed by atoms with Crippen LogP contribution in [0, 0.1) is 5.82 Å². The molecular formula is C17H15FN4O4S. The molecule has 1 saturated carbocycles. The first-order valence-electron chi connectivity index (χ1n) is 8.15. The molecule has 0 unspecified atom stereocenters. The van der Waals surface area contributed by atoms with E-state index in [0.29, 0.717) is 17.0 Å². The van der Waals surface area contributed by atoms with Gasteiger partial charge in [-0.05, 0) is 25.0 Å². The maximum absolute atomic E-state index is 14.1. The van der Waals surface area contributed by atoms with Crippen LogP contribution in [0.1, 0.15) is 34.9 Å². The first kappa shape index (κ1) is 17.4. The minimum absolute atomic E-state index is 0.120. The average Bonchev–Trinajstić information content (AvgIpc) is 3.38. The van der Waals surface area contributed by atoms with Gasteiger partial charge in [0.1, 0.15) is 22.2 Å². The lowest BCUT2D eigenvalue weighted by atomic mass is 10.2. The lowest BCUT2D eigenvalue weighted by Gasteiger charge is -2.09. The van der Waals surface area contributed by atoms with E-state index < -0.39 is 21.7 Å². The molecule has 4 rings (SSSR count). The van der Waals surface area contributed by atoms with E-state index in [4.69, 9.17) is 4.74 Å². The molecule has 1 fully saturated rings. The molecule has 2 heterocycles. The van der Waals surface area contributed by atoms with E-state index in [0.717, 1.165) is 25.1 Å². The van der Waals surface area contributed by atoms with Gasteiger partial charge in [-0.15, -0.1) is 5.10 Å². The first-order chi connectivity index (χ1) is 12.9. The molecule has 0 atom stereocenters. The summed E-state index contributed by atoms with van der Waals surface area (Å²) in [6.45, 7) is 0. The third-order valence-corrected chi connectivity index (χ3v) is 5.69. The van der Waals surface area contributed by atoms with Crippen molar-refractivity contribution in [1.29, 1.82) is 0 Å². The number of aromatic amines is 1. The number of H-pyrrole nitrogens is 1. The van der Waals surface area contributed by atoms with Gasteiger partial charge in [-0.1, -0.05) is 6.07 Å². The highest BCUT2D eigenvalue weighted by atomic mass is 32.2. The van der Waals surface area contributed by atoms with Crippen LogP contribution in [-0.2, 0) is 10.0 Å². The Morgan fingerprint density at radius 2 is 2.11 bits per heavy atom. The highest BCUT2D eigenvalue weighted by Crippen LogP contribution is 2.42. The van der Waals surface area contributed by atoms with E-state index >= 15 is 0 Å². The summed E-state index contributed by atoms with van der Waals surface area (Å²) in [6, 6.07) is 5.48. The SMILES string of the molecule is COc1cc(C(=O)NS(=O)(=O)c2c[nH]c3cccc(F)c23)nnc1C1CC1. The molecule has 1 aliphatic carbocycles. The summed E-state index contributed by atoms with van der Waals surface area (Å²) in [4.78, 5) is 14.7. The quantitative estimate of drug-likeness (QED) is 0.690. The third kappa shape index (κ3) is 3.12. The van der Waals surface area contributed by atoms with Crippen LogP contribution < -0.4 is 9.46 Å². The second kappa shape index (κ2) is 6.31. The zero-order valence-electron chi connectivity index (χ0n) is 14.2. The maximum Gasteiger partial charge on any atom is 0.285 e. The van der Waals surface area contributed by atoms with Crippen LogP contribution in [0.4, 0.5) is 4.39 Å². The van der Waals surface area contributed by atoms with Gasteiger partial charge < -0.3 is 9.72 Å². The van der Waals surface area contributed by atoms with E-state index in [2.05, 4.69) is 15.2 Å². The number of amides is 1. The maximum atomic E-state index is 14.1. The van der Waals surface area contributed by atoms with Crippen LogP contribution in [0.25, 0.3) is 10.9 Å². The number of sulfonamides is 1. The van der Waals surface area contributed by atoms with E-state index in [1.54, 1.807) is 0 Å². The van der Waals surface area contributed by atoms with Crippen molar-refractivity contribution in [1.82, 2.24) is 19.9 Å². The molecule has 140 valence electrons. The Balaban J connectivity index is 1.65. The molecule has 1 amide bonds. The summed E-state index contributed by atoms with van der Waals surface area (Å²) in [6.07, 6.45) is 3.07. The smallest absolute Gasteiger partial charge is 0.285 e. The number of nitrogens with zero attached hydrogens (tertiary/aromatic N) is 2. The standard InChI is InChI=1S/C17H15FN4O4S/c1-26-13-7-12(20-21-16(13)9-5-6-9)17(23)22-27(24,25)14-8-19-11-4-2-3-10(18)15(11)14/h2-4,7-9,19H,5-6H2,1H3,(H,22,23). The molecule has 3 aromatic rings. The van der Waals surface area contributed by atoms with Crippen LogP contribution in [0.2, 0.25) is 0 Å². The molecule has 0 aliphatic heterocycles. The number of fused-ring (bicyclic) bond motifs is 1. The lowest BCUT2D eigenvalue weighted by Crippen LogP contribution is -2.31. The number of carbonyl (C=O) groups is 1. The number of ether oxygens (including phenoxy) is 1. The summed E-state index contributed by atoms with van der Waals surface area (Å²) in [5.41, 5.74) is 0.744. The van der Waals surface area contributed by atoms with Crippen LogP contribution in [-0.4, -0.2) is 36.6 Å². The fourth-order valence-corrected chi connectivity index (χ4v) is 4.00. The van der Waals surface area contributed by atoms with Crippen molar-refractivity contribution in [2.24, 2.45) is 0 Å². The zero-order chi connectivity index (χ0) is 19.2. The summed E-state index contributed by atoms with van der Waals surface area (Å²) in [5.74, 6) is -1.05.